The SMILES string of the molecule is COc1cccc2c1c(C(=O)CN1CCCCC1)c(C)n2-c1ccc(C#N)cc1. The number of ketones is 1. The van der Waals surface area contributed by atoms with Gasteiger partial charge in [-0.15, -0.1) is 0 Å². The number of carbonyl (C=O) groups is 1. The molecule has 0 aliphatic carbocycles. The highest BCUT2D eigenvalue weighted by Gasteiger charge is 2.25. The number of carbonyl (C=O) groups excluding carboxylic acids is 1. The van der Waals surface area contributed by atoms with Crippen LogP contribution in [0, 0.1) is 18.3 Å². The summed E-state index contributed by atoms with van der Waals surface area (Å²) in [5.41, 5.74) is 4.11. The zero-order valence-corrected chi connectivity index (χ0v) is 16.9. The van der Waals surface area contributed by atoms with Crippen molar-refractivity contribution < 1.29 is 9.53 Å². The molecule has 5 nitrogen and oxygen atoms in total. The summed E-state index contributed by atoms with van der Waals surface area (Å²) in [5.74, 6) is 0.839. The molecule has 0 N–H and O–H groups in total. The van der Waals surface area contributed by atoms with Gasteiger partial charge < -0.3 is 9.30 Å². The zero-order valence-electron chi connectivity index (χ0n) is 16.9. The monoisotopic (exact) mass is 387 g/mol. The maximum atomic E-state index is 13.4. The van der Waals surface area contributed by atoms with Gasteiger partial charge in [0.2, 0.25) is 0 Å². The molecule has 1 fully saturated rings. The molecule has 0 unspecified atom stereocenters. The van der Waals surface area contributed by atoms with Crippen LogP contribution in [-0.2, 0) is 0 Å². The number of hydrogen-bond acceptors (Lipinski definition) is 4. The molecular formula is C24H25N3O2. The number of nitrogens with zero attached hydrogens (tertiary/aromatic N) is 3. The molecule has 0 atom stereocenters. The minimum Gasteiger partial charge on any atom is -0.496 e. The quantitative estimate of drug-likeness (QED) is 0.606. The van der Waals surface area contributed by atoms with Crippen molar-refractivity contribution in [3.8, 4) is 17.5 Å². The molecule has 1 saturated heterocycles. The van der Waals surface area contributed by atoms with Gasteiger partial charge in [-0.1, -0.05) is 12.5 Å². The molecule has 148 valence electrons. The molecule has 5 heteroatoms. The summed E-state index contributed by atoms with van der Waals surface area (Å²) >= 11 is 0. The van der Waals surface area contributed by atoms with Gasteiger partial charge in [-0.25, -0.2) is 0 Å². The van der Waals surface area contributed by atoms with Crippen molar-refractivity contribution in [1.82, 2.24) is 9.47 Å². The molecule has 3 aromatic rings. The summed E-state index contributed by atoms with van der Waals surface area (Å²) in [4.78, 5) is 15.7. The number of hydrogen-bond donors (Lipinski definition) is 0. The molecule has 0 bridgehead atoms. The Morgan fingerprint density at radius 3 is 2.48 bits per heavy atom. The van der Waals surface area contributed by atoms with Crippen LogP contribution in [0.15, 0.2) is 42.5 Å². The summed E-state index contributed by atoms with van der Waals surface area (Å²) in [5, 5.41) is 9.96. The number of Topliss-reactive ketones (excluding diaryl/α,β-unsaturated/α-hetero) is 1. The van der Waals surface area contributed by atoms with Crippen molar-refractivity contribution in [1.29, 1.82) is 5.26 Å². The van der Waals surface area contributed by atoms with Gasteiger partial charge in [0, 0.05) is 11.4 Å². The predicted molar refractivity (Wildman–Crippen MR) is 114 cm³/mol. The van der Waals surface area contributed by atoms with E-state index < -0.39 is 0 Å². The molecule has 0 saturated carbocycles. The van der Waals surface area contributed by atoms with Crippen molar-refractivity contribution in [3.05, 3.63) is 59.3 Å². The number of benzene rings is 2. The van der Waals surface area contributed by atoms with Gasteiger partial charge in [0.15, 0.2) is 5.78 Å². The Labute approximate surface area is 171 Å². The van der Waals surface area contributed by atoms with Gasteiger partial charge in [0.1, 0.15) is 5.75 Å². The second kappa shape index (κ2) is 8.10. The largest absolute Gasteiger partial charge is 0.496 e. The summed E-state index contributed by atoms with van der Waals surface area (Å²) in [6, 6.07) is 15.5. The minimum absolute atomic E-state index is 0.131. The van der Waals surface area contributed by atoms with Crippen LogP contribution in [0.25, 0.3) is 16.6 Å². The van der Waals surface area contributed by atoms with Crippen molar-refractivity contribution in [3.63, 3.8) is 0 Å². The lowest BCUT2D eigenvalue weighted by Gasteiger charge is -2.25. The first-order valence-electron chi connectivity index (χ1n) is 10.1. The maximum absolute atomic E-state index is 13.4. The van der Waals surface area contributed by atoms with Crippen LogP contribution in [0.3, 0.4) is 0 Å². The highest BCUT2D eigenvalue weighted by Crippen LogP contribution is 2.36. The molecular weight excluding hydrogens is 362 g/mol. The molecule has 0 amide bonds. The lowest BCUT2D eigenvalue weighted by molar-refractivity contribution is 0.0916. The van der Waals surface area contributed by atoms with Crippen LogP contribution in [0.1, 0.15) is 40.9 Å². The highest BCUT2D eigenvalue weighted by molar-refractivity contribution is 6.12. The van der Waals surface area contributed by atoms with Gasteiger partial charge >= 0.3 is 0 Å². The highest BCUT2D eigenvalue weighted by atomic mass is 16.5. The Morgan fingerprint density at radius 1 is 1.10 bits per heavy atom. The number of rotatable bonds is 5. The maximum Gasteiger partial charge on any atom is 0.179 e. The average Bonchev–Trinajstić information content (AvgIpc) is 3.06. The fourth-order valence-corrected chi connectivity index (χ4v) is 4.36. The molecule has 29 heavy (non-hydrogen) atoms. The second-order valence-electron chi connectivity index (χ2n) is 7.57. The molecule has 1 aromatic heterocycles. The summed E-state index contributed by atoms with van der Waals surface area (Å²) in [7, 11) is 1.64. The molecule has 2 heterocycles. The molecule has 0 spiro atoms. The fourth-order valence-electron chi connectivity index (χ4n) is 4.36. The molecule has 4 rings (SSSR count). The van der Waals surface area contributed by atoms with E-state index in [4.69, 9.17) is 10.00 Å². The van der Waals surface area contributed by atoms with Gasteiger partial charge in [-0.3, -0.25) is 9.69 Å². The Morgan fingerprint density at radius 2 is 1.83 bits per heavy atom. The molecule has 1 aliphatic rings. The van der Waals surface area contributed by atoms with Crippen LogP contribution < -0.4 is 4.74 Å². The number of nitriles is 1. The van der Waals surface area contributed by atoms with Crippen molar-refractivity contribution in [2.45, 2.75) is 26.2 Å². The Bertz CT molecular complexity index is 1080. The topological polar surface area (TPSA) is 58.3 Å². The Hall–Kier alpha value is -3.10. The van der Waals surface area contributed by atoms with E-state index in [1.54, 1.807) is 19.2 Å². The van der Waals surface area contributed by atoms with Crippen LogP contribution >= 0.6 is 0 Å². The third-order valence-corrected chi connectivity index (χ3v) is 5.76. The van der Waals surface area contributed by atoms with Crippen LogP contribution in [-0.4, -0.2) is 42.0 Å². The number of ether oxygens (including phenoxy) is 1. The number of fused-ring (bicyclic) bond motifs is 1. The fraction of sp³-hybridized carbons (Fsp3) is 0.333. The van der Waals surface area contributed by atoms with Crippen LogP contribution in [0.2, 0.25) is 0 Å². The Kier molecular flexibility index (Phi) is 5.37. The van der Waals surface area contributed by atoms with E-state index >= 15 is 0 Å². The standard InChI is InChI=1S/C24H25N3O2/c1-17-23(21(28)16-26-13-4-3-5-14-26)24-20(7-6-8-22(24)29-2)27(17)19-11-9-18(15-25)10-12-19/h6-12H,3-5,13-14,16H2,1-2H3. The van der Waals surface area contributed by atoms with E-state index in [0.717, 1.165) is 53.8 Å². The lowest BCUT2D eigenvalue weighted by atomic mass is 10.0. The van der Waals surface area contributed by atoms with Gasteiger partial charge in [-0.05, 0) is 69.3 Å². The first-order valence-corrected chi connectivity index (χ1v) is 10.1. The van der Waals surface area contributed by atoms with E-state index in [-0.39, 0.29) is 5.78 Å². The molecule has 1 aliphatic heterocycles. The van der Waals surface area contributed by atoms with E-state index in [1.807, 2.05) is 37.3 Å². The van der Waals surface area contributed by atoms with E-state index in [0.29, 0.717) is 17.9 Å². The van der Waals surface area contributed by atoms with Gasteiger partial charge in [0.25, 0.3) is 0 Å². The molecule has 2 aromatic carbocycles. The van der Waals surface area contributed by atoms with Crippen LogP contribution in [0.5, 0.6) is 5.75 Å². The normalized spacial score (nSPS) is 14.7. The Balaban J connectivity index is 1.85. The van der Waals surface area contributed by atoms with Crippen LogP contribution in [0.4, 0.5) is 0 Å². The zero-order chi connectivity index (χ0) is 20.4. The summed E-state index contributed by atoms with van der Waals surface area (Å²) in [6.45, 7) is 4.39. The number of likely N-dealkylation sites (tertiary alicyclic amines) is 1. The van der Waals surface area contributed by atoms with E-state index in [9.17, 15) is 4.79 Å². The summed E-state index contributed by atoms with van der Waals surface area (Å²) < 4.78 is 7.71. The van der Waals surface area contributed by atoms with Crippen molar-refractivity contribution in [2.75, 3.05) is 26.7 Å². The first-order chi connectivity index (χ1) is 14.1. The van der Waals surface area contributed by atoms with E-state index in [2.05, 4.69) is 15.5 Å². The van der Waals surface area contributed by atoms with Crippen molar-refractivity contribution >= 4 is 16.7 Å². The van der Waals surface area contributed by atoms with Crippen molar-refractivity contribution in [2.24, 2.45) is 0 Å². The number of piperidine rings is 1. The first kappa shape index (κ1) is 19.2. The van der Waals surface area contributed by atoms with Gasteiger partial charge in [-0.2, -0.15) is 5.26 Å². The predicted octanol–water partition coefficient (Wildman–Crippen LogP) is 4.49. The molecule has 0 radical (unpaired) electrons. The second-order valence-corrected chi connectivity index (χ2v) is 7.57. The average molecular weight is 387 g/mol. The van der Waals surface area contributed by atoms with E-state index in [1.165, 1.54) is 6.42 Å². The van der Waals surface area contributed by atoms with Gasteiger partial charge in [0.05, 0.1) is 41.8 Å². The third-order valence-electron chi connectivity index (χ3n) is 5.76. The summed E-state index contributed by atoms with van der Waals surface area (Å²) in [6.07, 6.45) is 3.56. The third kappa shape index (κ3) is 3.52. The minimum atomic E-state index is 0.131. The smallest absolute Gasteiger partial charge is 0.179 e. The lowest BCUT2D eigenvalue weighted by Crippen LogP contribution is -2.34. The number of aromatic nitrogens is 1. The number of methoxy groups -OCH3 is 1.